The summed E-state index contributed by atoms with van der Waals surface area (Å²) >= 11 is 0. The molecule has 9 heteroatoms. The number of rotatable bonds is 0. The Balaban J connectivity index is 0. The van der Waals surface area contributed by atoms with Crippen LogP contribution in [0, 0.1) is 0 Å². The average molecular weight is 569 g/mol. The van der Waals surface area contributed by atoms with Crippen molar-refractivity contribution < 1.29 is 87.5 Å². The summed E-state index contributed by atoms with van der Waals surface area (Å²) in [6.45, 7) is 0. The molecule has 0 rings (SSSR count). The topological polar surface area (TPSA) is 0 Å². The van der Waals surface area contributed by atoms with Crippen LogP contribution < -0.4 is 0 Å². The van der Waals surface area contributed by atoms with E-state index in [4.69, 9.17) is 0 Å². The Morgan fingerprint density at radius 1 is 1.00 bits per heavy atom. The van der Waals surface area contributed by atoms with E-state index in [0.29, 0.717) is 0 Å². The van der Waals surface area contributed by atoms with Gasteiger partial charge in [0.1, 0.15) is 0 Å². The fourth-order valence-electron chi connectivity index (χ4n) is 0. The minimum absolute atomic E-state index is 0. The first-order chi connectivity index (χ1) is 0. The van der Waals surface area contributed by atoms with Gasteiger partial charge in [0.05, 0.1) is 0 Å². The average Bonchev–Trinajstić information content (AvgIpc) is 0. The smallest absolute Gasteiger partial charge is 0 e. The van der Waals surface area contributed by atoms with E-state index in [1.165, 1.54) is 0 Å². The van der Waals surface area contributed by atoms with E-state index in [-0.39, 0.29) is 203 Å². The third kappa shape index (κ3) is 54.3. The van der Waals surface area contributed by atoms with Crippen LogP contribution in [0.4, 0.5) is 0 Å². The van der Waals surface area contributed by atoms with E-state index >= 15 is 0 Å². The molecule has 0 bridgehead atoms. The van der Waals surface area contributed by atoms with Gasteiger partial charge in [-0.05, 0) is 0 Å². The first-order valence-corrected chi connectivity index (χ1v) is 0. The van der Waals surface area contributed by atoms with Gasteiger partial charge in [0.15, 0.2) is 0 Å². The molecule has 0 atom stereocenters. The maximum absolute atomic E-state index is 0. The van der Waals surface area contributed by atoms with E-state index in [9.17, 15) is 0 Å². The summed E-state index contributed by atoms with van der Waals surface area (Å²) in [4.78, 5) is 0. The van der Waals surface area contributed by atoms with Crippen molar-refractivity contribution in [1.29, 1.82) is 0 Å². The van der Waals surface area contributed by atoms with Crippen LogP contribution in [0.1, 0.15) is 0 Å². The molecule has 8 radical (unpaired) electrons. The van der Waals surface area contributed by atoms with Crippen LogP contribution >= 0.6 is 24.0 Å². The summed E-state index contributed by atoms with van der Waals surface area (Å²) < 4.78 is 0. The molecular weight excluding hydrogens is 568 g/mol. The summed E-state index contributed by atoms with van der Waals surface area (Å²) in [7, 11) is 0. The van der Waals surface area contributed by atoms with E-state index < -0.39 is 0 Å². The number of hydrogen-bond acceptors (Lipinski definition) is 0. The van der Waals surface area contributed by atoms with Crippen molar-refractivity contribution in [3.05, 3.63) is 0 Å². The van der Waals surface area contributed by atoms with Crippen LogP contribution in [0.25, 0.3) is 0 Å². The van der Waals surface area contributed by atoms with Crippen molar-refractivity contribution in [2.45, 2.75) is 0 Å². The van der Waals surface area contributed by atoms with E-state index in [0.717, 1.165) is 0 Å². The van der Waals surface area contributed by atoms with E-state index in [2.05, 4.69) is 0 Å². The molecule has 0 nitrogen and oxygen atoms in total. The fourth-order valence-corrected chi connectivity index (χ4v) is 0. The molecular formula is HCoCuFeIKMgMnSeZn. The molecule has 0 heterocycles. The molecule has 0 aliphatic heterocycles. The van der Waals surface area contributed by atoms with Crippen molar-refractivity contribution in [1.82, 2.24) is 0 Å². The molecule has 0 unspecified atom stereocenters. The zero-order valence-electron chi connectivity index (χ0n) is 4.60. The van der Waals surface area contributed by atoms with Crippen molar-refractivity contribution in [2.75, 3.05) is 0 Å². The molecule has 0 aromatic carbocycles. The molecule has 0 aromatic rings. The normalized spacial score (nSPS) is 0. The van der Waals surface area contributed by atoms with Crippen LogP contribution in [0.2, 0.25) is 0 Å². The second kappa shape index (κ2) is 63.5. The first kappa shape index (κ1) is 78.5. The van der Waals surface area contributed by atoms with E-state index in [1.54, 1.807) is 0 Å². The number of hydrogen-bond donors (Lipinski definition) is 0. The van der Waals surface area contributed by atoms with Gasteiger partial charge in [0.2, 0.25) is 0 Å². The van der Waals surface area contributed by atoms with Gasteiger partial charge >= 0.3 is 0 Å². The van der Waals surface area contributed by atoms with Crippen LogP contribution in [0.3, 0.4) is 0 Å². The van der Waals surface area contributed by atoms with Crippen molar-refractivity contribution in [3.8, 4) is 0 Å². The minimum Gasteiger partial charge on any atom is -0.107 e. The summed E-state index contributed by atoms with van der Waals surface area (Å²) in [5.41, 5.74) is 0. The quantitative estimate of drug-likeness (QED) is 0.272. The van der Waals surface area contributed by atoms with Gasteiger partial charge in [-0.25, -0.2) is 0 Å². The van der Waals surface area contributed by atoms with Crippen LogP contribution in [-0.4, -0.2) is 91.5 Å². The fraction of sp³-hybridized carbons (Fsp3) is 0. The largest absolute Gasteiger partial charge is 0.107 e. The Kier molecular flexibility index (Phi) is 554. The zero-order valence-corrected chi connectivity index (χ0v) is 20.4. The van der Waals surface area contributed by atoms with Gasteiger partial charge in [-0.3, -0.25) is 0 Å². The molecule has 0 aliphatic rings. The van der Waals surface area contributed by atoms with Crippen molar-refractivity contribution in [3.63, 3.8) is 0 Å². The van der Waals surface area contributed by atoms with Crippen LogP contribution in [-0.2, 0) is 87.5 Å². The molecule has 0 amide bonds. The van der Waals surface area contributed by atoms with Gasteiger partial charge in [-0.1, -0.05) is 0 Å². The van der Waals surface area contributed by atoms with Crippen LogP contribution in [0.5, 0.6) is 0 Å². The van der Waals surface area contributed by atoms with Gasteiger partial charge in [-0.15, -0.1) is 24.0 Å². The Hall–Kier alpha value is 6.34. The number of halogens is 1. The van der Waals surface area contributed by atoms with Gasteiger partial charge < -0.3 is 0 Å². The summed E-state index contributed by atoms with van der Waals surface area (Å²) in [5.74, 6) is 0. The summed E-state index contributed by atoms with van der Waals surface area (Å²) in [6, 6.07) is 0. The first-order valence-electron chi connectivity index (χ1n) is 0. The SMILES string of the molecule is I.[Co].[Cu].[Fe].[K].[Mg].[Mn].[Se].[Zn]. The standard InChI is InChI=1S/Co.Cu.Fe.HI.K.Mg.Mn.Se.Zn/h;;;1H;;;;;. The molecule has 0 aliphatic carbocycles. The third-order valence-corrected chi connectivity index (χ3v) is 0. The Morgan fingerprint density at radius 3 is 1.00 bits per heavy atom. The Labute approximate surface area is 197 Å². The van der Waals surface area contributed by atoms with Crippen molar-refractivity contribution >= 4 is 115 Å². The zero-order chi connectivity index (χ0) is 0. The second-order valence-electron chi connectivity index (χ2n) is 0. The summed E-state index contributed by atoms with van der Waals surface area (Å²) in [5, 5.41) is 0. The maximum Gasteiger partial charge on any atom is 0 e. The molecule has 0 N–H and O–H groups in total. The summed E-state index contributed by atoms with van der Waals surface area (Å²) in [6.07, 6.45) is 0. The van der Waals surface area contributed by atoms with Gasteiger partial charge in [0, 0.05) is 179 Å². The molecule has 0 fully saturated rings. The predicted octanol–water partition coefficient (Wildman–Crippen LogP) is -0.537. The molecule has 54 valence electrons. The molecule has 0 spiro atoms. The van der Waals surface area contributed by atoms with Crippen molar-refractivity contribution in [2.24, 2.45) is 0 Å². The van der Waals surface area contributed by atoms with E-state index in [1.807, 2.05) is 0 Å². The third-order valence-electron chi connectivity index (χ3n) is 0. The molecule has 0 saturated carbocycles. The van der Waals surface area contributed by atoms with Gasteiger partial charge in [0.25, 0.3) is 0 Å². The van der Waals surface area contributed by atoms with Gasteiger partial charge in [-0.2, -0.15) is 0 Å². The Bertz CT molecular complexity index is 28.5. The molecule has 9 heavy (non-hydrogen) atoms. The molecule has 0 aromatic heterocycles. The molecule has 0 saturated heterocycles. The predicted molar refractivity (Wildman–Crippen MR) is 32.7 cm³/mol. The minimum atomic E-state index is 0. The monoisotopic (exact) mass is 567 g/mol. The van der Waals surface area contributed by atoms with Crippen LogP contribution in [0.15, 0.2) is 0 Å². The Morgan fingerprint density at radius 2 is 1.00 bits per heavy atom. The second-order valence-corrected chi connectivity index (χ2v) is 0. The maximum atomic E-state index is 0.